The van der Waals surface area contributed by atoms with Crippen LogP contribution in [-0.4, -0.2) is 25.0 Å². The zero-order chi connectivity index (χ0) is 18.0. The van der Waals surface area contributed by atoms with Crippen LogP contribution in [0.15, 0.2) is 42.5 Å². The lowest BCUT2D eigenvalue weighted by atomic mass is 9.93. The molecule has 1 N–H and O–H groups in total. The largest absolute Gasteiger partial charge is 0.493 e. The molecule has 0 spiro atoms. The molecule has 0 aliphatic carbocycles. The molecule has 0 radical (unpaired) electrons. The second-order valence-electron chi connectivity index (χ2n) is 5.93. The highest BCUT2D eigenvalue weighted by Crippen LogP contribution is 2.35. The number of carbonyl (C=O) groups excluding carboxylic acids is 2. The second kappa shape index (κ2) is 6.81. The number of imide groups is 1. The zero-order valence-electron chi connectivity index (χ0n) is 14.3. The highest BCUT2D eigenvalue weighted by molar-refractivity contribution is 6.34. The Hall–Kier alpha value is -3.08. The topological polar surface area (TPSA) is 64.6 Å². The normalized spacial score (nSPS) is 15.1. The van der Waals surface area contributed by atoms with E-state index >= 15 is 0 Å². The van der Waals surface area contributed by atoms with E-state index in [9.17, 15) is 9.59 Å². The van der Waals surface area contributed by atoms with Crippen LogP contribution in [0.1, 0.15) is 35.3 Å². The van der Waals surface area contributed by atoms with Gasteiger partial charge in [0, 0.05) is 16.7 Å². The lowest BCUT2D eigenvalue weighted by Crippen LogP contribution is -2.36. The smallest absolute Gasteiger partial charge is 0.258 e. The Labute approximate surface area is 146 Å². The molecule has 0 bridgehead atoms. The third-order valence-corrected chi connectivity index (χ3v) is 3.82. The summed E-state index contributed by atoms with van der Waals surface area (Å²) < 4.78 is 11.3. The molecular weight excluding hydrogens is 318 g/mol. The molecule has 2 aromatic rings. The number of amides is 2. The first-order valence-corrected chi connectivity index (χ1v) is 8.01. The highest BCUT2D eigenvalue weighted by Gasteiger charge is 2.27. The number of nitrogens with one attached hydrogen (secondary N) is 1. The number of fused-ring (bicyclic) bond motifs is 1. The number of methoxy groups -OCH3 is 1. The molecule has 0 saturated heterocycles. The van der Waals surface area contributed by atoms with Gasteiger partial charge in [-0.3, -0.25) is 14.9 Å². The van der Waals surface area contributed by atoms with Gasteiger partial charge in [0.1, 0.15) is 0 Å². The van der Waals surface area contributed by atoms with Crippen molar-refractivity contribution in [3.63, 3.8) is 0 Å². The maximum Gasteiger partial charge on any atom is 0.258 e. The van der Waals surface area contributed by atoms with E-state index in [1.807, 2.05) is 26.0 Å². The van der Waals surface area contributed by atoms with Gasteiger partial charge in [-0.05, 0) is 37.6 Å². The van der Waals surface area contributed by atoms with E-state index in [1.165, 1.54) is 0 Å². The molecular formula is C20H19NO4. The first kappa shape index (κ1) is 16.8. The van der Waals surface area contributed by atoms with Crippen molar-refractivity contribution in [1.82, 2.24) is 5.32 Å². The standard InChI is InChI=1S/C20H19NO4/c1-12(2)25-18-13(7-6-10-17(18)24-3)11-16-14-8-4-5-9-15(14)19(22)21-20(16)23/h4-12H,1-3H3,(H,21,22,23). The average Bonchev–Trinajstić information content (AvgIpc) is 2.59. The predicted octanol–water partition coefficient (Wildman–Crippen LogP) is 3.29. The minimum absolute atomic E-state index is 0.0532. The summed E-state index contributed by atoms with van der Waals surface area (Å²) >= 11 is 0. The molecule has 3 rings (SSSR count). The van der Waals surface area contributed by atoms with Crippen LogP contribution in [0, 0.1) is 0 Å². The molecule has 5 nitrogen and oxygen atoms in total. The molecule has 2 aromatic carbocycles. The molecule has 1 aliphatic heterocycles. The fourth-order valence-corrected chi connectivity index (χ4v) is 2.74. The van der Waals surface area contributed by atoms with Crippen LogP contribution in [0.25, 0.3) is 11.6 Å². The SMILES string of the molecule is COc1cccc(C=C2C(=O)NC(=O)c3ccccc32)c1OC(C)C. The summed E-state index contributed by atoms with van der Waals surface area (Å²) in [6.07, 6.45) is 1.67. The Morgan fingerprint density at radius 3 is 2.36 bits per heavy atom. The summed E-state index contributed by atoms with van der Waals surface area (Å²) in [6.45, 7) is 3.84. The van der Waals surface area contributed by atoms with E-state index in [0.29, 0.717) is 33.8 Å². The molecule has 0 unspecified atom stereocenters. The van der Waals surface area contributed by atoms with Gasteiger partial charge in [0.15, 0.2) is 11.5 Å². The molecule has 0 aromatic heterocycles. The number of ether oxygens (including phenoxy) is 2. The molecule has 25 heavy (non-hydrogen) atoms. The van der Waals surface area contributed by atoms with Crippen LogP contribution in [0.3, 0.4) is 0 Å². The minimum atomic E-state index is -0.429. The second-order valence-corrected chi connectivity index (χ2v) is 5.93. The number of hydrogen-bond donors (Lipinski definition) is 1. The van der Waals surface area contributed by atoms with Gasteiger partial charge >= 0.3 is 0 Å². The number of rotatable bonds is 4. The van der Waals surface area contributed by atoms with Gasteiger partial charge in [0.25, 0.3) is 11.8 Å². The molecule has 0 saturated carbocycles. The fourth-order valence-electron chi connectivity index (χ4n) is 2.74. The lowest BCUT2D eigenvalue weighted by molar-refractivity contribution is -0.114. The van der Waals surface area contributed by atoms with Gasteiger partial charge in [-0.15, -0.1) is 0 Å². The maximum atomic E-state index is 12.4. The van der Waals surface area contributed by atoms with Crippen molar-refractivity contribution >= 4 is 23.5 Å². The Balaban J connectivity index is 2.17. The summed E-state index contributed by atoms with van der Waals surface area (Å²) in [4.78, 5) is 24.4. The third kappa shape index (κ3) is 3.26. The van der Waals surface area contributed by atoms with Crippen molar-refractivity contribution in [2.75, 3.05) is 7.11 Å². The van der Waals surface area contributed by atoms with Crippen LogP contribution in [0.4, 0.5) is 0 Å². The van der Waals surface area contributed by atoms with Gasteiger partial charge in [0.05, 0.1) is 13.2 Å². The van der Waals surface area contributed by atoms with Gasteiger partial charge < -0.3 is 9.47 Å². The fraction of sp³-hybridized carbons (Fsp3) is 0.200. The van der Waals surface area contributed by atoms with E-state index in [1.54, 1.807) is 43.5 Å². The van der Waals surface area contributed by atoms with Crippen molar-refractivity contribution in [1.29, 1.82) is 0 Å². The van der Waals surface area contributed by atoms with Crippen LogP contribution in [0.5, 0.6) is 11.5 Å². The number of benzene rings is 2. The number of para-hydroxylation sites is 1. The summed E-state index contributed by atoms with van der Waals surface area (Å²) in [5.41, 5.74) is 2.21. The van der Waals surface area contributed by atoms with E-state index in [2.05, 4.69) is 5.32 Å². The number of hydrogen-bond acceptors (Lipinski definition) is 4. The quantitative estimate of drug-likeness (QED) is 0.687. The van der Waals surface area contributed by atoms with Crippen LogP contribution in [0.2, 0.25) is 0 Å². The minimum Gasteiger partial charge on any atom is -0.493 e. The monoisotopic (exact) mass is 337 g/mol. The molecule has 0 fully saturated rings. The van der Waals surface area contributed by atoms with Crippen LogP contribution < -0.4 is 14.8 Å². The van der Waals surface area contributed by atoms with Crippen molar-refractivity contribution in [2.45, 2.75) is 20.0 Å². The van der Waals surface area contributed by atoms with Crippen LogP contribution in [-0.2, 0) is 4.79 Å². The zero-order valence-corrected chi connectivity index (χ0v) is 14.3. The van der Waals surface area contributed by atoms with Crippen molar-refractivity contribution in [2.24, 2.45) is 0 Å². The van der Waals surface area contributed by atoms with Gasteiger partial charge in [-0.2, -0.15) is 0 Å². The van der Waals surface area contributed by atoms with Gasteiger partial charge in [0.2, 0.25) is 0 Å². The average molecular weight is 337 g/mol. The van der Waals surface area contributed by atoms with E-state index in [0.717, 1.165) is 0 Å². The van der Waals surface area contributed by atoms with Crippen molar-refractivity contribution < 1.29 is 19.1 Å². The number of carbonyl (C=O) groups is 2. The first-order chi connectivity index (χ1) is 12.0. The van der Waals surface area contributed by atoms with E-state index in [4.69, 9.17) is 9.47 Å². The Bertz CT molecular complexity index is 868. The van der Waals surface area contributed by atoms with Crippen molar-refractivity contribution in [3.05, 3.63) is 59.2 Å². The Morgan fingerprint density at radius 2 is 1.68 bits per heavy atom. The van der Waals surface area contributed by atoms with Crippen molar-refractivity contribution in [3.8, 4) is 11.5 Å². The predicted molar refractivity (Wildman–Crippen MR) is 95.5 cm³/mol. The van der Waals surface area contributed by atoms with E-state index in [-0.39, 0.29) is 12.0 Å². The first-order valence-electron chi connectivity index (χ1n) is 8.01. The van der Waals surface area contributed by atoms with Crippen LogP contribution >= 0.6 is 0 Å². The molecule has 2 amide bonds. The molecule has 128 valence electrons. The Kier molecular flexibility index (Phi) is 4.57. The van der Waals surface area contributed by atoms with Gasteiger partial charge in [-0.25, -0.2) is 0 Å². The summed E-state index contributed by atoms with van der Waals surface area (Å²) in [7, 11) is 1.57. The van der Waals surface area contributed by atoms with Gasteiger partial charge in [-0.1, -0.05) is 30.3 Å². The molecule has 0 atom stereocenters. The highest BCUT2D eigenvalue weighted by atomic mass is 16.5. The Morgan fingerprint density at radius 1 is 0.960 bits per heavy atom. The van der Waals surface area contributed by atoms with E-state index < -0.39 is 5.91 Å². The molecule has 1 heterocycles. The maximum absolute atomic E-state index is 12.4. The molecule has 5 heteroatoms. The molecule has 1 aliphatic rings. The summed E-state index contributed by atoms with van der Waals surface area (Å²) in [5.74, 6) is 0.336. The summed E-state index contributed by atoms with van der Waals surface area (Å²) in [5, 5.41) is 2.38. The lowest BCUT2D eigenvalue weighted by Gasteiger charge is -2.20. The summed E-state index contributed by atoms with van der Waals surface area (Å²) in [6, 6.07) is 12.5. The third-order valence-electron chi connectivity index (χ3n) is 3.82.